The third kappa shape index (κ3) is 3.29. The molecule has 0 aromatic carbocycles. The number of carbonyl (C=O) groups excluding carboxylic acids is 1. The molecule has 0 unspecified atom stereocenters. The first-order valence-corrected chi connectivity index (χ1v) is 6.68. The van der Waals surface area contributed by atoms with Crippen molar-refractivity contribution in [2.45, 2.75) is 40.2 Å². The van der Waals surface area contributed by atoms with Crippen LogP contribution in [0, 0.1) is 20.8 Å². The summed E-state index contributed by atoms with van der Waals surface area (Å²) in [5.74, 6) is 2.53. The Bertz CT molecular complexity index is 579. The minimum atomic E-state index is 0.0825. The standard InChI is InChI=1S/C15H20N2O3/c1-10-5-6-13(19-10)9-17(4)15(18)8-7-14-11(2)16-20-12(14)3/h5-6H,7-9H2,1-4H3. The van der Waals surface area contributed by atoms with Gasteiger partial charge in [0.25, 0.3) is 0 Å². The van der Waals surface area contributed by atoms with E-state index in [1.54, 1.807) is 11.9 Å². The van der Waals surface area contributed by atoms with Crippen LogP contribution in [0.15, 0.2) is 21.1 Å². The van der Waals surface area contributed by atoms with Crippen LogP contribution in [0.2, 0.25) is 0 Å². The first-order chi connectivity index (χ1) is 9.47. The predicted molar refractivity (Wildman–Crippen MR) is 74.2 cm³/mol. The van der Waals surface area contributed by atoms with E-state index in [2.05, 4.69) is 5.16 Å². The Labute approximate surface area is 118 Å². The summed E-state index contributed by atoms with van der Waals surface area (Å²) in [6, 6.07) is 3.80. The van der Waals surface area contributed by atoms with E-state index in [0.29, 0.717) is 19.4 Å². The predicted octanol–water partition coefficient (Wildman–Crippen LogP) is 2.78. The highest BCUT2D eigenvalue weighted by Gasteiger charge is 2.14. The van der Waals surface area contributed by atoms with Crippen molar-refractivity contribution in [2.24, 2.45) is 0 Å². The van der Waals surface area contributed by atoms with Crippen LogP contribution < -0.4 is 0 Å². The number of nitrogens with zero attached hydrogens (tertiary/aromatic N) is 2. The van der Waals surface area contributed by atoms with Gasteiger partial charge < -0.3 is 13.8 Å². The number of rotatable bonds is 5. The average molecular weight is 276 g/mol. The van der Waals surface area contributed by atoms with E-state index >= 15 is 0 Å². The molecular formula is C15H20N2O3. The number of hydrogen-bond donors (Lipinski definition) is 0. The molecule has 108 valence electrons. The van der Waals surface area contributed by atoms with Crippen LogP contribution in [0.5, 0.6) is 0 Å². The maximum absolute atomic E-state index is 12.1. The van der Waals surface area contributed by atoms with E-state index in [9.17, 15) is 4.79 Å². The summed E-state index contributed by atoms with van der Waals surface area (Å²) in [7, 11) is 1.79. The molecule has 0 radical (unpaired) electrons. The van der Waals surface area contributed by atoms with Crippen molar-refractivity contribution in [3.8, 4) is 0 Å². The third-order valence-electron chi connectivity index (χ3n) is 3.38. The fourth-order valence-electron chi connectivity index (χ4n) is 2.17. The summed E-state index contributed by atoms with van der Waals surface area (Å²) < 4.78 is 10.6. The molecule has 0 spiro atoms. The summed E-state index contributed by atoms with van der Waals surface area (Å²) in [5, 5.41) is 3.89. The SMILES string of the molecule is Cc1ccc(CN(C)C(=O)CCc2c(C)noc2C)o1. The van der Waals surface area contributed by atoms with Crippen LogP contribution in [-0.4, -0.2) is 23.0 Å². The smallest absolute Gasteiger partial charge is 0.223 e. The van der Waals surface area contributed by atoms with E-state index in [-0.39, 0.29) is 5.91 Å². The Hall–Kier alpha value is -2.04. The molecule has 20 heavy (non-hydrogen) atoms. The first kappa shape index (κ1) is 14.4. The highest BCUT2D eigenvalue weighted by atomic mass is 16.5. The normalized spacial score (nSPS) is 10.8. The number of aromatic nitrogens is 1. The minimum Gasteiger partial charge on any atom is -0.464 e. The zero-order valence-corrected chi connectivity index (χ0v) is 12.4. The Morgan fingerprint density at radius 1 is 1.30 bits per heavy atom. The summed E-state index contributed by atoms with van der Waals surface area (Å²) >= 11 is 0. The monoisotopic (exact) mass is 276 g/mol. The Morgan fingerprint density at radius 2 is 2.05 bits per heavy atom. The first-order valence-electron chi connectivity index (χ1n) is 6.68. The van der Waals surface area contributed by atoms with E-state index in [0.717, 1.165) is 28.5 Å². The second-order valence-corrected chi connectivity index (χ2v) is 5.06. The van der Waals surface area contributed by atoms with Gasteiger partial charge in [0, 0.05) is 19.0 Å². The van der Waals surface area contributed by atoms with Gasteiger partial charge >= 0.3 is 0 Å². The lowest BCUT2D eigenvalue weighted by atomic mass is 10.1. The maximum Gasteiger partial charge on any atom is 0.223 e. The van der Waals surface area contributed by atoms with Crippen LogP contribution in [-0.2, 0) is 17.8 Å². The van der Waals surface area contributed by atoms with Gasteiger partial charge in [0.15, 0.2) is 0 Å². The summed E-state index contributed by atoms with van der Waals surface area (Å²) in [6.07, 6.45) is 1.10. The van der Waals surface area contributed by atoms with Crippen molar-refractivity contribution in [1.82, 2.24) is 10.1 Å². The summed E-state index contributed by atoms with van der Waals surface area (Å²) in [6.45, 7) is 6.15. The molecule has 0 aliphatic rings. The van der Waals surface area contributed by atoms with Gasteiger partial charge in [-0.15, -0.1) is 0 Å². The molecule has 0 saturated carbocycles. The quantitative estimate of drug-likeness (QED) is 0.842. The molecule has 5 nitrogen and oxygen atoms in total. The second-order valence-electron chi connectivity index (χ2n) is 5.06. The number of aryl methyl sites for hydroxylation is 3. The van der Waals surface area contributed by atoms with Crippen molar-refractivity contribution < 1.29 is 13.7 Å². The van der Waals surface area contributed by atoms with Gasteiger partial charge in [0.2, 0.25) is 5.91 Å². The largest absolute Gasteiger partial charge is 0.464 e. The van der Waals surface area contributed by atoms with Crippen LogP contribution in [0.1, 0.15) is 35.0 Å². The van der Waals surface area contributed by atoms with E-state index < -0.39 is 0 Å². The molecule has 0 aliphatic heterocycles. The topological polar surface area (TPSA) is 59.5 Å². The van der Waals surface area contributed by atoms with Gasteiger partial charge in [0.1, 0.15) is 17.3 Å². The third-order valence-corrected chi connectivity index (χ3v) is 3.38. The molecule has 0 bridgehead atoms. The highest BCUT2D eigenvalue weighted by Crippen LogP contribution is 2.15. The van der Waals surface area contributed by atoms with Crippen LogP contribution >= 0.6 is 0 Å². The molecule has 0 N–H and O–H groups in total. The second kappa shape index (κ2) is 5.94. The lowest BCUT2D eigenvalue weighted by Crippen LogP contribution is -2.26. The maximum atomic E-state index is 12.1. The molecule has 0 fully saturated rings. The molecular weight excluding hydrogens is 256 g/mol. The number of furan rings is 1. The molecule has 5 heteroatoms. The zero-order chi connectivity index (χ0) is 14.7. The number of carbonyl (C=O) groups is 1. The van der Waals surface area contributed by atoms with E-state index in [1.165, 1.54) is 0 Å². The van der Waals surface area contributed by atoms with Gasteiger partial charge in [-0.2, -0.15) is 0 Å². The van der Waals surface area contributed by atoms with Gasteiger partial charge in [-0.05, 0) is 39.3 Å². The van der Waals surface area contributed by atoms with Crippen molar-refractivity contribution >= 4 is 5.91 Å². The van der Waals surface area contributed by atoms with Crippen LogP contribution in [0.3, 0.4) is 0 Å². The number of amides is 1. The Kier molecular flexibility index (Phi) is 4.27. The summed E-state index contributed by atoms with van der Waals surface area (Å²) in [5.41, 5.74) is 1.89. The van der Waals surface area contributed by atoms with Gasteiger partial charge in [0.05, 0.1) is 12.2 Å². The molecule has 1 amide bonds. The Morgan fingerprint density at radius 3 is 2.60 bits per heavy atom. The van der Waals surface area contributed by atoms with Crippen LogP contribution in [0.25, 0.3) is 0 Å². The molecule has 0 atom stereocenters. The van der Waals surface area contributed by atoms with Crippen molar-refractivity contribution in [1.29, 1.82) is 0 Å². The fraction of sp³-hybridized carbons (Fsp3) is 0.467. The molecule has 2 aromatic rings. The lowest BCUT2D eigenvalue weighted by Gasteiger charge is -2.15. The van der Waals surface area contributed by atoms with E-state index in [4.69, 9.17) is 8.94 Å². The Balaban J connectivity index is 1.88. The van der Waals surface area contributed by atoms with Crippen molar-refractivity contribution in [2.75, 3.05) is 7.05 Å². The molecule has 0 saturated heterocycles. The minimum absolute atomic E-state index is 0.0825. The fourth-order valence-corrected chi connectivity index (χ4v) is 2.17. The van der Waals surface area contributed by atoms with Crippen LogP contribution in [0.4, 0.5) is 0 Å². The molecule has 0 aliphatic carbocycles. The molecule has 2 heterocycles. The number of hydrogen-bond acceptors (Lipinski definition) is 4. The lowest BCUT2D eigenvalue weighted by molar-refractivity contribution is -0.130. The van der Waals surface area contributed by atoms with Crippen molar-refractivity contribution in [3.05, 3.63) is 40.7 Å². The van der Waals surface area contributed by atoms with Gasteiger partial charge in [-0.3, -0.25) is 4.79 Å². The van der Waals surface area contributed by atoms with Crippen molar-refractivity contribution in [3.63, 3.8) is 0 Å². The van der Waals surface area contributed by atoms with Gasteiger partial charge in [-0.1, -0.05) is 5.16 Å². The molecule has 2 rings (SSSR count). The summed E-state index contributed by atoms with van der Waals surface area (Å²) in [4.78, 5) is 13.8. The average Bonchev–Trinajstić information content (AvgIpc) is 2.94. The molecule has 2 aromatic heterocycles. The highest BCUT2D eigenvalue weighted by molar-refractivity contribution is 5.76. The zero-order valence-electron chi connectivity index (χ0n) is 12.4. The van der Waals surface area contributed by atoms with E-state index in [1.807, 2.05) is 32.9 Å². The van der Waals surface area contributed by atoms with Gasteiger partial charge in [-0.25, -0.2) is 0 Å².